The first-order valence-corrected chi connectivity index (χ1v) is 8.97. The topological polar surface area (TPSA) is 31.4 Å². The first-order chi connectivity index (χ1) is 10.1. The minimum atomic E-state index is 0.491. The SMILES string of the molecule is CCN1CCCC1CN(C)c1nc(C(C)C)c(CNC)s1. The second-order valence-corrected chi connectivity index (χ2v) is 7.36. The molecule has 2 rings (SSSR count). The molecule has 1 aromatic heterocycles. The van der Waals surface area contributed by atoms with Crippen LogP contribution in [0.5, 0.6) is 0 Å². The number of hydrogen-bond acceptors (Lipinski definition) is 5. The second-order valence-electron chi connectivity index (χ2n) is 6.30. The van der Waals surface area contributed by atoms with Crippen molar-refractivity contribution >= 4 is 16.5 Å². The van der Waals surface area contributed by atoms with E-state index in [9.17, 15) is 0 Å². The van der Waals surface area contributed by atoms with E-state index in [2.05, 4.69) is 42.9 Å². The third-order valence-electron chi connectivity index (χ3n) is 4.32. The summed E-state index contributed by atoms with van der Waals surface area (Å²) in [7, 11) is 4.20. The molecule has 1 aliphatic heterocycles. The van der Waals surface area contributed by atoms with E-state index in [-0.39, 0.29) is 0 Å². The number of thiazole rings is 1. The van der Waals surface area contributed by atoms with Gasteiger partial charge in [-0.1, -0.05) is 20.8 Å². The number of likely N-dealkylation sites (N-methyl/N-ethyl adjacent to an activating group) is 2. The molecule has 0 bridgehead atoms. The number of nitrogens with zero attached hydrogens (tertiary/aromatic N) is 3. The highest BCUT2D eigenvalue weighted by atomic mass is 32.1. The molecule has 1 N–H and O–H groups in total. The minimum absolute atomic E-state index is 0.491. The van der Waals surface area contributed by atoms with Crippen LogP contribution >= 0.6 is 11.3 Å². The van der Waals surface area contributed by atoms with Crippen molar-refractivity contribution in [2.75, 3.05) is 38.6 Å². The maximum Gasteiger partial charge on any atom is 0.185 e. The van der Waals surface area contributed by atoms with Gasteiger partial charge in [0.15, 0.2) is 5.13 Å². The predicted octanol–water partition coefficient (Wildman–Crippen LogP) is 2.91. The van der Waals surface area contributed by atoms with Gasteiger partial charge in [-0.05, 0) is 38.9 Å². The maximum atomic E-state index is 4.91. The Morgan fingerprint density at radius 3 is 2.86 bits per heavy atom. The average molecular weight is 311 g/mol. The standard InChI is InChI=1S/C16H30N4S/c1-6-20-9-7-8-13(20)11-19(5)16-18-15(12(2)3)14(21-16)10-17-4/h12-13,17H,6-11H2,1-5H3. The van der Waals surface area contributed by atoms with Gasteiger partial charge in [-0.3, -0.25) is 4.90 Å². The van der Waals surface area contributed by atoms with Gasteiger partial charge in [-0.15, -0.1) is 11.3 Å². The molecule has 1 aliphatic rings. The van der Waals surface area contributed by atoms with Crippen LogP contribution in [0.25, 0.3) is 0 Å². The number of anilines is 1. The van der Waals surface area contributed by atoms with Gasteiger partial charge in [0, 0.05) is 31.1 Å². The molecule has 1 unspecified atom stereocenters. The van der Waals surface area contributed by atoms with Crippen molar-refractivity contribution in [2.24, 2.45) is 0 Å². The molecule has 0 radical (unpaired) electrons. The van der Waals surface area contributed by atoms with E-state index < -0.39 is 0 Å². The number of aromatic nitrogens is 1. The summed E-state index contributed by atoms with van der Waals surface area (Å²) in [5, 5.41) is 4.44. The Bertz CT molecular complexity index is 443. The van der Waals surface area contributed by atoms with E-state index >= 15 is 0 Å². The van der Waals surface area contributed by atoms with Crippen molar-refractivity contribution < 1.29 is 0 Å². The highest BCUT2D eigenvalue weighted by Gasteiger charge is 2.25. The molecule has 0 saturated carbocycles. The molecule has 1 fully saturated rings. The Balaban J connectivity index is 2.08. The Labute approximate surface area is 133 Å². The van der Waals surface area contributed by atoms with Crippen LogP contribution in [0.3, 0.4) is 0 Å². The fourth-order valence-corrected chi connectivity index (χ4v) is 4.36. The molecule has 4 nitrogen and oxygen atoms in total. The molecule has 21 heavy (non-hydrogen) atoms. The summed E-state index contributed by atoms with van der Waals surface area (Å²) in [5.41, 5.74) is 1.26. The third-order valence-corrected chi connectivity index (χ3v) is 5.50. The van der Waals surface area contributed by atoms with Crippen molar-refractivity contribution in [3.63, 3.8) is 0 Å². The molecule has 120 valence electrons. The summed E-state index contributed by atoms with van der Waals surface area (Å²) in [4.78, 5) is 11.2. The summed E-state index contributed by atoms with van der Waals surface area (Å²) >= 11 is 1.85. The minimum Gasteiger partial charge on any atom is -0.350 e. The zero-order valence-corrected chi connectivity index (χ0v) is 15.0. The summed E-state index contributed by atoms with van der Waals surface area (Å²) in [6.45, 7) is 11.2. The Kier molecular flexibility index (Phi) is 6.02. The predicted molar refractivity (Wildman–Crippen MR) is 92.5 cm³/mol. The van der Waals surface area contributed by atoms with Gasteiger partial charge in [-0.25, -0.2) is 4.98 Å². The van der Waals surface area contributed by atoms with Crippen LogP contribution in [0.1, 0.15) is 50.1 Å². The van der Waals surface area contributed by atoms with E-state index in [1.54, 1.807) is 0 Å². The first-order valence-electron chi connectivity index (χ1n) is 8.16. The van der Waals surface area contributed by atoms with Gasteiger partial charge in [0.05, 0.1) is 5.69 Å². The van der Waals surface area contributed by atoms with Crippen LogP contribution in [0.15, 0.2) is 0 Å². The van der Waals surface area contributed by atoms with Gasteiger partial charge in [-0.2, -0.15) is 0 Å². The summed E-state index contributed by atoms with van der Waals surface area (Å²) in [6.07, 6.45) is 2.66. The van der Waals surface area contributed by atoms with E-state index in [0.29, 0.717) is 12.0 Å². The summed E-state index contributed by atoms with van der Waals surface area (Å²) in [5.74, 6) is 0.491. The largest absolute Gasteiger partial charge is 0.350 e. The Morgan fingerprint density at radius 2 is 2.24 bits per heavy atom. The van der Waals surface area contributed by atoms with E-state index in [1.165, 1.54) is 41.6 Å². The quantitative estimate of drug-likeness (QED) is 0.839. The number of likely N-dealkylation sites (tertiary alicyclic amines) is 1. The van der Waals surface area contributed by atoms with Crippen LogP contribution in [0.2, 0.25) is 0 Å². The lowest BCUT2D eigenvalue weighted by Gasteiger charge is -2.27. The fourth-order valence-electron chi connectivity index (χ4n) is 3.16. The van der Waals surface area contributed by atoms with Crippen molar-refractivity contribution in [2.45, 2.75) is 52.1 Å². The molecule has 0 spiro atoms. The van der Waals surface area contributed by atoms with Crippen molar-refractivity contribution in [3.05, 3.63) is 10.6 Å². The normalized spacial score (nSPS) is 19.6. The van der Waals surface area contributed by atoms with E-state index in [4.69, 9.17) is 4.98 Å². The molecule has 0 amide bonds. The molecule has 0 aromatic carbocycles. The van der Waals surface area contributed by atoms with Gasteiger partial charge in [0.2, 0.25) is 0 Å². The summed E-state index contributed by atoms with van der Waals surface area (Å²) in [6, 6.07) is 0.694. The molecule has 1 atom stereocenters. The number of hydrogen-bond donors (Lipinski definition) is 1. The van der Waals surface area contributed by atoms with Gasteiger partial charge in [0.1, 0.15) is 0 Å². The second kappa shape index (κ2) is 7.56. The maximum absolute atomic E-state index is 4.91. The molecule has 5 heteroatoms. The van der Waals surface area contributed by atoms with Crippen LogP contribution in [-0.2, 0) is 6.54 Å². The van der Waals surface area contributed by atoms with E-state index in [0.717, 1.165) is 13.1 Å². The van der Waals surface area contributed by atoms with Crippen molar-refractivity contribution in [1.82, 2.24) is 15.2 Å². The zero-order valence-electron chi connectivity index (χ0n) is 14.1. The number of nitrogens with one attached hydrogen (secondary N) is 1. The Morgan fingerprint density at radius 1 is 1.48 bits per heavy atom. The van der Waals surface area contributed by atoms with Crippen LogP contribution in [-0.4, -0.2) is 49.7 Å². The lowest BCUT2D eigenvalue weighted by molar-refractivity contribution is 0.270. The molecule has 2 heterocycles. The lowest BCUT2D eigenvalue weighted by Crippen LogP contribution is -2.38. The van der Waals surface area contributed by atoms with Crippen molar-refractivity contribution in [1.29, 1.82) is 0 Å². The highest BCUT2D eigenvalue weighted by molar-refractivity contribution is 7.15. The molecule has 1 saturated heterocycles. The average Bonchev–Trinajstić information content (AvgIpc) is 3.05. The Hall–Kier alpha value is -0.650. The van der Waals surface area contributed by atoms with Crippen molar-refractivity contribution in [3.8, 4) is 0 Å². The van der Waals surface area contributed by atoms with Crippen LogP contribution < -0.4 is 10.2 Å². The fraction of sp³-hybridized carbons (Fsp3) is 0.812. The van der Waals surface area contributed by atoms with Crippen LogP contribution in [0, 0.1) is 0 Å². The monoisotopic (exact) mass is 310 g/mol. The molecular formula is C16H30N4S. The molecular weight excluding hydrogens is 280 g/mol. The number of rotatable bonds is 7. The zero-order chi connectivity index (χ0) is 15.4. The molecule has 0 aliphatic carbocycles. The van der Waals surface area contributed by atoms with Gasteiger partial charge >= 0.3 is 0 Å². The summed E-state index contributed by atoms with van der Waals surface area (Å²) < 4.78 is 0. The lowest BCUT2D eigenvalue weighted by atomic mass is 10.1. The van der Waals surface area contributed by atoms with Gasteiger partial charge in [0.25, 0.3) is 0 Å². The highest BCUT2D eigenvalue weighted by Crippen LogP contribution is 2.31. The smallest absolute Gasteiger partial charge is 0.185 e. The van der Waals surface area contributed by atoms with E-state index in [1.807, 2.05) is 18.4 Å². The van der Waals surface area contributed by atoms with Gasteiger partial charge < -0.3 is 10.2 Å². The molecule has 1 aromatic rings. The first kappa shape index (κ1) is 16.7. The van der Waals surface area contributed by atoms with Crippen LogP contribution in [0.4, 0.5) is 5.13 Å². The third kappa shape index (κ3) is 3.96.